The summed E-state index contributed by atoms with van der Waals surface area (Å²) < 4.78 is 5.67. The molecule has 2 N–H and O–H groups in total. The molecule has 1 saturated carbocycles. The number of nitrogens with two attached hydrogens (primary N) is 1. The van der Waals surface area contributed by atoms with Gasteiger partial charge in [0, 0.05) is 12.2 Å². The maximum absolute atomic E-state index is 6.37. The molecule has 0 bridgehead atoms. The van der Waals surface area contributed by atoms with Crippen LogP contribution in [0.5, 0.6) is 5.75 Å². The zero-order chi connectivity index (χ0) is 13.1. The summed E-state index contributed by atoms with van der Waals surface area (Å²) in [6, 6.07) is 2.14. The summed E-state index contributed by atoms with van der Waals surface area (Å²) in [6.45, 7) is 6.35. The lowest BCUT2D eigenvalue weighted by Crippen LogP contribution is -2.20. The van der Waals surface area contributed by atoms with E-state index in [0.29, 0.717) is 5.92 Å². The molecule has 100 valence electrons. The van der Waals surface area contributed by atoms with Crippen LogP contribution in [0.15, 0.2) is 18.5 Å². The second kappa shape index (κ2) is 5.70. The number of aromatic nitrogens is 1. The van der Waals surface area contributed by atoms with Crippen LogP contribution < -0.4 is 10.5 Å². The summed E-state index contributed by atoms with van der Waals surface area (Å²) in [6.07, 6.45) is 7.57. The van der Waals surface area contributed by atoms with Gasteiger partial charge in [-0.25, -0.2) is 0 Å². The fourth-order valence-electron chi connectivity index (χ4n) is 2.80. The Kier molecular flexibility index (Phi) is 4.23. The minimum atomic E-state index is 0.0955. The Labute approximate surface area is 110 Å². The Morgan fingerprint density at radius 1 is 1.33 bits per heavy atom. The first kappa shape index (κ1) is 13.3. The largest absolute Gasteiger partial charge is 0.489 e. The Morgan fingerprint density at radius 3 is 2.72 bits per heavy atom. The molecule has 1 fully saturated rings. The smallest absolute Gasteiger partial charge is 0.138 e. The number of ether oxygens (including phenoxy) is 1. The Bertz CT molecular complexity index is 392. The molecule has 3 heteroatoms. The highest BCUT2D eigenvalue weighted by Gasteiger charge is 2.27. The molecule has 18 heavy (non-hydrogen) atoms. The van der Waals surface area contributed by atoms with Gasteiger partial charge in [0.15, 0.2) is 0 Å². The summed E-state index contributed by atoms with van der Waals surface area (Å²) in [5.41, 5.74) is 7.47. The van der Waals surface area contributed by atoms with Gasteiger partial charge in [-0.1, -0.05) is 13.3 Å². The zero-order valence-electron chi connectivity index (χ0n) is 11.6. The maximum atomic E-state index is 6.37. The third-order valence-electron chi connectivity index (χ3n) is 3.73. The molecule has 0 aromatic carbocycles. The molecule has 1 aromatic heterocycles. The minimum Gasteiger partial charge on any atom is -0.489 e. The van der Waals surface area contributed by atoms with E-state index in [1.807, 2.05) is 26.1 Å². The van der Waals surface area contributed by atoms with E-state index in [1.54, 1.807) is 6.20 Å². The van der Waals surface area contributed by atoms with Gasteiger partial charge >= 0.3 is 0 Å². The molecule has 1 aliphatic carbocycles. The van der Waals surface area contributed by atoms with Crippen LogP contribution in [0, 0.1) is 11.8 Å². The van der Waals surface area contributed by atoms with Crippen molar-refractivity contribution in [1.29, 1.82) is 0 Å². The Balaban J connectivity index is 2.07. The predicted octanol–water partition coefficient (Wildman–Crippen LogP) is 3.30. The average Bonchev–Trinajstić information content (AvgIpc) is 2.74. The van der Waals surface area contributed by atoms with Gasteiger partial charge < -0.3 is 10.5 Å². The molecule has 2 rings (SSSR count). The number of nitrogens with zero attached hydrogens (tertiary/aromatic N) is 1. The van der Waals surface area contributed by atoms with Crippen molar-refractivity contribution in [3.05, 3.63) is 24.0 Å². The van der Waals surface area contributed by atoms with Crippen LogP contribution in [0.4, 0.5) is 0 Å². The van der Waals surface area contributed by atoms with E-state index in [2.05, 4.69) is 11.9 Å². The fourth-order valence-corrected chi connectivity index (χ4v) is 2.80. The van der Waals surface area contributed by atoms with E-state index in [1.165, 1.54) is 19.3 Å². The molecule has 3 atom stereocenters. The number of pyridine rings is 1. The summed E-state index contributed by atoms with van der Waals surface area (Å²) in [5, 5.41) is 0. The lowest BCUT2D eigenvalue weighted by molar-refractivity contribution is 0.241. The van der Waals surface area contributed by atoms with Gasteiger partial charge in [-0.3, -0.25) is 4.98 Å². The lowest BCUT2D eigenvalue weighted by atomic mass is 9.92. The molecule has 0 radical (unpaired) electrons. The highest BCUT2D eigenvalue weighted by Crippen LogP contribution is 2.37. The second-order valence-electron chi connectivity index (χ2n) is 5.82. The standard InChI is InChI=1S/C15H24N2O/c1-10(2)18-14-7-13(8-17-9-14)15(16)12-5-4-11(3)6-12/h7-12,15H,4-6,16H2,1-3H3. The van der Waals surface area contributed by atoms with Crippen molar-refractivity contribution in [2.75, 3.05) is 0 Å². The molecule has 1 aromatic rings. The number of hydrogen-bond acceptors (Lipinski definition) is 3. The van der Waals surface area contributed by atoms with E-state index in [-0.39, 0.29) is 12.1 Å². The first-order valence-electron chi connectivity index (χ1n) is 6.93. The summed E-state index contributed by atoms with van der Waals surface area (Å²) in [5.74, 6) is 2.23. The van der Waals surface area contributed by atoms with Crippen LogP contribution in [0.1, 0.15) is 51.6 Å². The quantitative estimate of drug-likeness (QED) is 0.889. The van der Waals surface area contributed by atoms with Gasteiger partial charge in [0.25, 0.3) is 0 Å². The van der Waals surface area contributed by atoms with Crippen LogP contribution in [0.25, 0.3) is 0 Å². The third-order valence-corrected chi connectivity index (χ3v) is 3.73. The van der Waals surface area contributed by atoms with E-state index in [4.69, 9.17) is 10.5 Å². The normalized spacial score (nSPS) is 25.4. The Hall–Kier alpha value is -1.09. The van der Waals surface area contributed by atoms with Crippen molar-refractivity contribution in [3.8, 4) is 5.75 Å². The van der Waals surface area contributed by atoms with Crippen LogP contribution in [0.2, 0.25) is 0 Å². The van der Waals surface area contributed by atoms with Crippen molar-refractivity contribution >= 4 is 0 Å². The molecule has 0 spiro atoms. The average molecular weight is 248 g/mol. The van der Waals surface area contributed by atoms with E-state index in [9.17, 15) is 0 Å². The van der Waals surface area contributed by atoms with Gasteiger partial charge in [0.1, 0.15) is 5.75 Å². The molecular formula is C15H24N2O. The minimum absolute atomic E-state index is 0.0955. The van der Waals surface area contributed by atoms with Crippen molar-refractivity contribution in [1.82, 2.24) is 4.98 Å². The summed E-state index contributed by atoms with van der Waals surface area (Å²) in [7, 11) is 0. The molecule has 1 aliphatic rings. The first-order chi connectivity index (χ1) is 8.56. The molecule has 0 aliphatic heterocycles. The van der Waals surface area contributed by atoms with Crippen LogP contribution in [-0.2, 0) is 0 Å². The van der Waals surface area contributed by atoms with E-state index >= 15 is 0 Å². The lowest BCUT2D eigenvalue weighted by Gasteiger charge is -2.20. The SMILES string of the molecule is CC1CCC(C(N)c2cncc(OC(C)C)c2)C1. The second-order valence-corrected chi connectivity index (χ2v) is 5.82. The van der Waals surface area contributed by atoms with Crippen molar-refractivity contribution in [2.24, 2.45) is 17.6 Å². The number of rotatable bonds is 4. The Morgan fingerprint density at radius 2 is 2.11 bits per heavy atom. The summed E-state index contributed by atoms with van der Waals surface area (Å²) >= 11 is 0. The highest BCUT2D eigenvalue weighted by atomic mass is 16.5. The highest BCUT2D eigenvalue weighted by molar-refractivity contribution is 5.26. The molecule has 1 heterocycles. The first-order valence-corrected chi connectivity index (χ1v) is 6.93. The molecule has 3 unspecified atom stereocenters. The van der Waals surface area contributed by atoms with Crippen molar-refractivity contribution < 1.29 is 4.74 Å². The van der Waals surface area contributed by atoms with Crippen LogP contribution in [0.3, 0.4) is 0 Å². The monoisotopic (exact) mass is 248 g/mol. The van der Waals surface area contributed by atoms with Crippen LogP contribution in [-0.4, -0.2) is 11.1 Å². The van der Waals surface area contributed by atoms with E-state index in [0.717, 1.165) is 17.2 Å². The topological polar surface area (TPSA) is 48.1 Å². The maximum Gasteiger partial charge on any atom is 0.138 e. The fraction of sp³-hybridized carbons (Fsp3) is 0.667. The molecular weight excluding hydrogens is 224 g/mol. The van der Waals surface area contributed by atoms with Gasteiger partial charge in [0.2, 0.25) is 0 Å². The molecule has 3 nitrogen and oxygen atoms in total. The van der Waals surface area contributed by atoms with Crippen molar-refractivity contribution in [3.63, 3.8) is 0 Å². The van der Waals surface area contributed by atoms with Gasteiger partial charge in [0.05, 0.1) is 12.3 Å². The zero-order valence-corrected chi connectivity index (χ0v) is 11.6. The summed E-state index contributed by atoms with van der Waals surface area (Å²) in [4.78, 5) is 4.24. The van der Waals surface area contributed by atoms with Crippen LogP contribution >= 0.6 is 0 Å². The molecule has 0 saturated heterocycles. The van der Waals surface area contributed by atoms with Gasteiger partial charge in [-0.15, -0.1) is 0 Å². The third kappa shape index (κ3) is 3.22. The number of hydrogen-bond donors (Lipinski definition) is 1. The van der Waals surface area contributed by atoms with E-state index < -0.39 is 0 Å². The predicted molar refractivity (Wildman–Crippen MR) is 73.4 cm³/mol. The molecule has 0 amide bonds. The van der Waals surface area contributed by atoms with Gasteiger partial charge in [-0.2, -0.15) is 0 Å². The van der Waals surface area contributed by atoms with Crippen molar-refractivity contribution in [2.45, 2.75) is 52.2 Å². The van der Waals surface area contributed by atoms with Gasteiger partial charge in [-0.05, 0) is 50.2 Å².